The van der Waals surface area contributed by atoms with Crippen LogP contribution in [-0.4, -0.2) is 24.5 Å². The van der Waals surface area contributed by atoms with Crippen LogP contribution in [0.1, 0.15) is 23.2 Å². The third-order valence-corrected chi connectivity index (χ3v) is 5.20. The van der Waals surface area contributed by atoms with E-state index in [2.05, 4.69) is 5.10 Å². The van der Waals surface area contributed by atoms with Crippen LogP contribution in [0.3, 0.4) is 0 Å². The fourth-order valence-corrected chi connectivity index (χ4v) is 3.87. The average Bonchev–Trinajstić information content (AvgIpc) is 2.97. The first-order chi connectivity index (χ1) is 13.0. The molecule has 0 N–H and O–H groups in total. The highest BCUT2D eigenvalue weighted by molar-refractivity contribution is 7.90. The number of hydrogen-bond acceptors (Lipinski definition) is 3. The van der Waals surface area contributed by atoms with Crippen LogP contribution in [0.15, 0.2) is 41.3 Å². The van der Waals surface area contributed by atoms with Gasteiger partial charge in [0.15, 0.2) is 9.84 Å². The highest BCUT2D eigenvalue weighted by Gasteiger charge is 2.24. The minimum Gasteiger partial charge on any atom is -0.233 e. The molecule has 0 atom stereocenters. The lowest BCUT2D eigenvalue weighted by Crippen LogP contribution is -2.06. The first-order valence-electron chi connectivity index (χ1n) is 8.13. The Morgan fingerprint density at radius 3 is 1.93 bits per heavy atom. The Hall–Kier alpha value is -2.68. The van der Waals surface area contributed by atoms with Crippen LogP contribution in [0.5, 0.6) is 0 Å². The molecule has 2 aromatic carbocycles. The summed E-state index contributed by atoms with van der Waals surface area (Å²) in [4.78, 5) is -1.07. The van der Waals surface area contributed by atoms with Crippen molar-refractivity contribution in [3.05, 3.63) is 64.9 Å². The zero-order valence-corrected chi connectivity index (χ0v) is 16.0. The fourth-order valence-electron chi connectivity index (χ4n) is 3.04. The van der Waals surface area contributed by atoms with Crippen LogP contribution in [-0.2, 0) is 9.84 Å². The molecule has 0 radical (unpaired) electrons. The normalized spacial score (nSPS) is 12.0. The second-order valence-corrected chi connectivity index (χ2v) is 8.51. The molecule has 1 aromatic heterocycles. The molecule has 0 saturated heterocycles. The van der Waals surface area contributed by atoms with E-state index in [1.54, 1.807) is 12.1 Å². The molecule has 0 amide bonds. The topological polar surface area (TPSA) is 52.0 Å². The van der Waals surface area contributed by atoms with Crippen molar-refractivity contribution in [2.75, 3.05) is 6.26 Å². The van der Waals surface area contributed by atoms with Gasteiger partial charge >= 0.3 is 0 Å². The molecule has 4 nitrogen and oxygen atoms in total. The van der Waals surface area contributed by atoms with Crippen molar-refractivity contribution in [1.29, 1.82) is 0 Å². The van der Waals surface area contributed by atoms with Gasteiger partial charge in [-0.1, -0.05) is 6.07 Å². The molecule has 0 aliphatic rings. The van der Waals surface area contributed by atoms with Gasteiger partial charge in [0, 0.05) is 11.8 Å². The molecular weight excluding hydrogens is 396 g/mol. The second-order valence-electron chi connectivity index (χ2n) is 6.55. The van der Waals surface area contributed by atoms with E-state index < -0.39 is 38.5 Å². The Morgan fingerprint density at radius 2 is 1.46 bits per heavy atom. The molecule has 9 heteroatoms. The van der Waals surface area contributed by atoms with Crippen molar-refractivity contribution in [3.63, 3.8) is 0 Å². The number of rotatable bonds is 4. The summed E-state index contributed by atoms with van der Waals surface area (Å²) in [6, 6.07) is 7.88. The van der Waals surface area contributed by atoms with E-state index in [1.165, 1.54) is 0 Å². The quantitative estimate of drug-likeness (QED) is 0.580. The largest absolute Gasteiger partial charge is 0.282 e. The van der Waals surface area contributed by atoms with Crippen molar-refractivity contribution < 1.29 is 26.0 Å². The first-order valence-corrected chi connectivity index (χ1v) is 10.0. The molecular formula is C19H16F4N2O2S. The molecule has 0 unspecified atom stereocenters. The van der Waals surface area contributed by atoms with Gasteiger partial charge in [-0.2, -0.15) is 5.10 Å². The first kappa shape index (κ1) is 20.1. The third kappa shape index (κ3) is 3.80. The van der Waals surface area contributed by atoms with Gasteiger partial charge in [0.05, 0.1) is 11.4 Å². The van der Waals surface area contributed by atoms with Crippen LogP contribution >= 0.6 is 0 Å². The Kier molecular flexibility index (Phi) is 5.05. The Labute approximate surface area is 159 Å². The standard InChI is InChI=1S/C19H16F4N2O2S/c1-10-4-11(2)6-13(5-10)25-17(9-16(24-25)19(22)23)12-7-14(20)18(15(21)8-12)28(3,26)27/h4-9,19H,1-3H3. The molecule has 0 spiro atoms. The lowest BCUT2D eigenvalue weighted by molar-refractivity contribution is 0.145. The number of aromatic nitrogens is 2. The lowest BCUT2D eigenvalue weighted by atomic mass is 10.1. The summed E-state index contributed by atoms with van der Waals surface area (Å²) >= 11 is 0. The summed E-state index contributed by atoms with van der Waals surface area (Å²) in [5, 5.41) is 3.87. The maximum absolute atomic E-state index is 14.3. The van der Waals surface area contributed by atoms with Gasteiger partial charge in [-0.15, -0.1) is 0 Å². The molecule has 0 bridgehead atoms. The van der Waals surface area contributed by atoms with Crippen molar-refractivity contribution in [3.8, 4) is 16.9 Å². The monoisotopic (exact) mass is 412 g/mol. The number of sulfone groups is 1. The van der Waals surface area contributed by atoms with Gasteiger partial charge in [-0.25, -0.2) is 30.7 Å². The average molecular weight is 412 g/mol. The van der Waals surface area contributed by atoms with E-state index in [0.29, 0.717) is 11.9 Å². The molecule has 3 aromatic rings. The predicted octanol–water partition coefficient (Wildman–Crippen LogP) is 4.78. The number of hydrogen-bond donors (Lipinski definition) is 0. The van der Waals surface area contributed by atoms with E-state index in [-0.39, 0.29) is 11.3 Å². The number of alkyl halides is 2. The van der Waals surface area contributed by atoms with Crippen LogP contribution in [0, 0.1) is 25.5 Å². The second kappa shape index (κ2) is 7.05. The van der Waals surface area contributed by atoms with Crippen molar-refractivity contribution in [2.24, 2.45) is 0 Å². The Morgan fingerprint density at radius 1 is 0.929 bits per heavy atom. The maximum atomic E-state index is 14.3. The zero-order chi connectivity index (χ0) is 20.8. The van der Waals surface area contributed by atoms with Gasteiger partial charge in [0.25, 0.3) is 6.43 Å². The summed E-state index contributed by atoms with van der Waals surface area (Å²) in [5.74, 6) is -2.60. The molecule has 0 saturated carbocycles. The summed E-state index contributed by atoms with van der Waals surface area (Å²) in [6.45, 7) is 3.63. The minimum atomic E-state index is -4.14. The molecule has 148 valence electrons. The smallest absolute Gasteiger partial charge is 0.233 e. The van der Waals surface area contributed by atoms with Gasteiger partial charge in [0.2, 0.25) is 0 Å². The fraction of sp³-hybridized carbons (Fsp3) is 0.211. The van der Waals surface area contributed by atoms with E-state index in [9.17, 15) is 26.0 Å². The Balaban J connectivity index is 2.28. The number of benzene rings is 2. The summed E-state index contributed by atoms with van der Waals surface area (Å²) in [5.41, 5.74) is 1.47. The van der Waals surface area contributed by atoms with Gasteiger partial charge in [0.1, 0.15) is 22.2 Å². The molecule has 1 heterocycles. The molecule has 0 fully saturated rings. The van der Waals surface area contributed by atoms with Crippen LogP contribution in [0.4, 0.5) is 17.6 Å². The number of nitrogens with zero attached hydrogens (tertiary/aromatic N) is 2. The van der Waals surface area contributed by atoms with Gasteiger partial charge in [-0.3, -0.25) is 0 Å². The van der Waals surface area contributed by atoms with Crippen LogP contribution in [0.25, 0.3) is 16.9 Å². The number of aryl methyl sites for hydroxylation is 2. The SMILES string of the molecule is Cc1cc(C)cc(-n2nc(C(F)F)cc2-c2cc(F)c(S(C)(=O)=O)c(F)c2)c1. The molecule has 28 heavy (non-hydrogen) atoms. The van der Waals surface area contributed by atoms with Crippen molar-refractivity contribution in [1.82, 2.24) is 9.78 Å². The summed E-state index contributed by atoms with van der Waals surface area (Å²) < 4.78 is 79.4. The lowest BCUT2D eigenvalue weighted by Gasteiger charge is -2.11. The molecule has 0 aliphatic carbocycles. The van der Waals surface area contributed by atoms with E-state index in [0.717, 1.165) is 34.0 Å². The van der Waals surface area contributed by atoms with Crippen molar-refractivity contribution >= 4 is 9.84 Å². The number of halogens is 4. The van der Waals surface area contributed by atoms with Gasteiger partial charge in [-0.05, 0) is 55.3 Å². The van der Waals surface area contributed by atoms with Gasteiger partial charge < -0.3 is 0 Å². The van der Waals surface area contributed by atoms with Crippen LogP contribution < -0.4 is 0 Å². The predicted molar refractivity (Wildman–Crippen MR) is 96.5 cm³/mol. The van der Waals surface area contributed by atoms with Crippen molar-refractivity contribution in [2.45, 2.75) is 25.2 Å². The molecule has 0 aliphatic heterocycles. The highest BCUT2D eigenvalue weighted by atomic mass is 32.2. The van der Waals surface area contributed by atoms with E-state index in [1.807, 2.05) is 19.9 Å². The minimum absolute atomic E-state index is 0.0122. The Bertz CT molecular complexity index is 1130. The maximum Gasteiger partial charge on any atom is 0.282 e. The summed E-state index contributed by atoms with van der Waals surface area (Å²) in [7, 11) is -4.14. The third-order valence-electron chi connectivity index (χ3n) is 4.07. The molecule has 3 rings (SSSR count). The van der Waals surface area contributed by atoms with E-state index in [4.69, 9.17) is 0 Å². The highest BCUT2D eigenvalue weighted by Crippen LogP contribution is 2.32. The zero-order valence-electron chi connectivity index (χ0n) is 15.2. The van der Waals surface area contributed by atoms with Crippen LogP contribution in [0.2, 0.25) is 0 Å². The van der Waals surface area contributed by atoms with E-state index >= 15 is 0 Å². The summed E-state index contributed by atoms with van der Waals surface area (Å²) in [6.07, 6.45) is -2.21.